The summed E-state index contributed by atoms with van der Waals surface area (Å²) in [6.07, 6.45) is 4.48. The van der Waals surface area contributed by atoms with Crippen molar-refractivity contribution < 1.29 is 4.79 Å². The summed E-state index contributed by atoms with van der Waals surface area (Å²) in [5.74, 6) is 1.32. The van der Waals surface area contributed by atoms with Crippen molar-refractivity contribution in [2.75, 3.05) is 0 Å². The molecule has 1 fully saturated rings. The van der Waals surface area contributed by atoms with Crippen LogP contribution in [0.25, 0.3) is 0 Å². The van der Waals surface area contributed by atoms with Crippen LogP contribution in [0.3, 0.4) is 0 Å². The minimum Gasteiger partial charge on any atom is -0.292 e. The Bertz CT molecular complexity index is 400. The number of aromatic nitrogens is 2. The Labute approximate surface area is 103 Å². The van der Waals surface area contributed by atoms with Gasteiger partial charge in [-0.1, -0.05) is 19.8 Å². The monoisotopic (exact) mass is 234 g/mol. The molecule has 0 bridgehead atoms. The van der Waals surface area contributed by atoms with Crippen molar-refractivity contribution in [1.82, 2.24) is 9.78 Å². The van der Waals surface area contributed by atoms with E-state index >= 15 is 0 Å². The lowest BCUT2D eigenvalue weighted by Crippen LogP contribution is -2.23. The minimum atomic E-state index is 0.229. The fourth-order valence-corrected chi connectivity index (χ4v) is 2.72. The molecule has 0 spiro atoms. The number of carbonyl (C=O) groups is 1. The molecule has 0 aliphatic heterocycles. The lowest BCUT2D eigenvalue weighted by molar-refractivity contribution is 0.0864. The maximum atomic E-state index is 12.4. The fraction of sp³-hybridized carbons (Fsp3) is 0.714. The zero-order valence-electron chi connectivity index (χ0n) is 11.1. The number of hydrogen-bond donors (Lipinski definition) is 0. The molecule has 1 aliphatic carbocycles. The summed E-state index contributed by atoms with van der Waals surface area (Å²) in [7, 11) is 0. The number of carbonyl (C=O) groups excluding carboxylic acids is 1. The molecule has 1 heterocycles. The van der Waals surface area contributed by atoms with E-state index in [2.05, 4.69) is 12.0 Å². The Hall–Kier alpha value is -1.12. The number of aryl methyl sites for hydroxylation is 2. The van der Waals surface area contributed by atoms with E-state index in [1.807, 2.05) is 24.6 Å². The Morgan fingerprint density at radius 1 is 1.41 bits per heavy atom. The van der Waals surface area contributed by atoms with Gasteiger partial charge in [0.15, 0.2) is 5.78 Å². The number of hydrogen-bond acceptors (Lipinski definition) is 2. The van der Waals surface area contributed by atoms with Gasteiger partial charge in [-0.2, -0.15) is 5.10 Å². The lowest BCUT2D eigenvalue weighted by Gasteiger charge is -2.25. The molecule has 0 amide bonds. The summed E-state index contributed by atoms with van der Waals surface area (Å²) in [5.41, 5.74) is 1.75. The summed E-state index contributed by atoms with van der Waals surface area (Å²) < 4.78 is 1.84. The van der Waals surface area contributed by atoms with Gasteiger partial charge in [0.2, 0.25) is 0 Å². The van der Waals surface area contributed by atoms with Crippen molar-refractivity contribution in [1.29, 1.82) is 0 Å². The third kappa shape index (κ3) is 2.59. The smallest absolute Gasteiger partial charge is 0.183 e. The highest BCUT2D eigenvalue weighted by Gasteiger charge is 2.27. The van der Waals surface area contributed by atoms with E-state index in [-0.39, 0.29) is 5.92 Å². The van der Waals surface area contributed by atoms with Crippen molar-refractivity contribution in [2.24, 2.45) is 11.8 Å². The van der Waals surface area contributed by atoms with Gasteiger partial charge in [0.25, 0.3) is 0 Å². The average Bonchev–Trinajstić information content (AvgIpc) is 2.70. The third-order valence-corrected chi connectivity index (χ3v) is 3.84. The summed E-state index contributed by atoms with van der Waals surface area (Å²) >= 11 is 0. The van der Waals surface area contributed by atoms with E-state index < -0.39 is 0 Å². The Balaban J connectivity index is 2.13. The van der Waals surface area contributed by atoms with E-state index in [9.17, 15) is 4.79 Å². The molecule has 17 heavy (non-hydrogen) atoms. The highest BCUT2D eigenvalue weighted by Crippen LogP contribution is 2.30. The lowest BCUT2D eigenvalue weighted by atomic mass is 9.80. The topological polar surface area (TPSA) is 34.9 Å². The normalized spacial score (nSPS) is 24.9. The van der Waals surface area contributed by atoms with Crippen molar-refractivity contribution in [3.63, 3.8) is 0 Å². The standard InChI is InChI=1S/C14H22N2O/c1-4-16-13(9-11(3)15-16)14(17)12-7-5-10(2)6-8-12/h9-10,12H,4-8H2,1-3H3. The zero-order chi connectivity index (χ0) is 12.4. The molecular formula is C14H22N2O. The molecule has 1 aliphatic rings. The second-order valence-corrected chi connectivity index (χ2v) is 5.31. The first-order chi connectivity index (χ1) is 8.11. The summed E-state index contributed by atoms with van der Waals surface area (Å²) in [6.45, 7) is 7.04. The predicted molar refractivity (Wildman–Crippen MR) is 68.1 cm³/mol. The molecule has 3 nitrogen and oxygen atoms in total. The first kappa shape index (κ1) is 12.3. The van der Waals surface area contributed by atoms with E-state index in [4.69, 9.17) is 0 Å². The quantitative estimate of drug-likeness (QED) is 0.753. The second-order valence-electron chi connectivity index (χ2n) is 5.31. The first-order valence-electron chi connectivity index (χ1n) is 6.70. The first-order valence-corrected chi connectivity index (χ1v) is 6.70. The van der Waals surface area contributed by atoms with Gasteiger partial charge in [0.1, 0.15) is 5.69 Å². The van der Waals surface area contributed by atoms with Crippen LogP contribution in [0.5, 0.6) is 0 Å². The van der Waals surface area contributed by atoms with E-state index in [0.29, 0.717) is 5.78 Å². The highest BCUT2D eigenvalue weighted by molar-refractivity contribution is 5.96. The molecule has 94 valence electrons. The van der Waals surface area contributed by atoms with Crippen molar-refractivity contribution in [2.45, 2.75) is 53.0 Å². The van der Waals surface area contributed by atoms with Crippen LogP contribution in [0.1, 0.15) is 55.7 Å². The van der Waals surface area contributed by atoms with Crippen LogP contribution in [0, 0.1) is 18.8 Å². The van der Waals surface area contributed by atoms with E-state index in [1.54, 1.807) is 0 Å². The molecule has 0 N–H and O–H groups in total. The maximum absolute atomic E-state index is 12.4. The van der Waals surface area contributed by atoms with Crippen molar-refractivity contribution >= 4 is 5.78 Å². The fourth-order valence-electron chi connectivity index (χ4n) is 2.72. The number of Topliss-reactive ketones (excluding diaryl/α,β-unsaturated/α-hetero) is 1. The number of rotatable bonds is 3. The molecule has 2 rings (SSSR count). The van der Waals surface area contributed by atoms with Crippen LogP contribution in [0.4, 0.5) is 0 Å². The Morgan fingerprint density at radius 3 is 2.65 bits per heavy atom. The maximum Gasteiger partial charge on any atom is 0.183 e. The van der Waals surface area contributed by atoms with Crippen LogP contribution >= 0.6 is 0 Å². The molecule has 1 aromatic heterocycles. The molecular weight excluding hydrogens is 212 g/mol. The predicted octanol–water partition coefficient (Wildman–Crippen LogP) is 3.22. The molecule has 0 aromatic carbocycles. The van der Waals surface area contributed by atoms with E-state index in [1.165, 1.54) is 12.8 Å². The molecule has 1 saturated carbocycles. The molecule has 1 aromatic rings. The molecule has 3 heteroatoms. The van der Waals surface area contributed by atoms with Gasteiger partial charge in [-0.15, -0.1) is 0 Å². The van der Waals surface area contributed by atoms with Crippen LogP contribution < -0.4 is 0 Å². The molecule has 0 saturated heterocycles. The van der Waals surface area contributed by atoms with Crippen LogP contribution in [0.15, 0.2) is 6.07 Å². The van der Waals surface area contributed by atoms with E-state index in [0.717, 1.165) is 36.7 Å². The van der Waals surface area contributed by atoms with Gasteiger partial charge in [-0.25, -0.2) is 0 Å². The van der Waals surface area contributed by atoms with Gasteiger partial charge in [0.05, 0.1) is 5.69 Å². The summed E-state index contributed by atoms with van der Waals surface area (Å²) in [4.78, 5) is 12.4. The SMILES string of the molecule is CCn1nc(C)cc1C(=O)C1CCC(C)CC1. The molecule has 0 radical (unpaired) electrons. The highest BCUT2D eigenvalue weighted by atomic mass is 16.1. The summed E-state index contributed by atoms with van der Waals surface area (Å²) in [5, 5.41) is 4.36. The minimum absolute atomic E-state index is 0.229. The largest absolute Gasteiger partial charge is 0.292 e. The Morgan fingerprint density at radius 2 is 2.06 bits per heavy atom. The Kier molecular flexibility index (Phi) is 3.65. The van der Waals surface area contributed by atoms with Gasteiger partial charge >= 0.3 is 0 Å². The molecule has 0 atom stereocenters. The van der Waals surface area contributed by atoms with Gasteiger partial charge in [-0.05, 0) is 38.7 Å². The average molecular weight is 234 g/mol. The zero-order valence-corrected chi connectivity index (χ0v) is 11.1. The van der Waals surface area contributed by atoms with Gasteiger partial charge in [-0.3, -0.25) is 9.48 Å². The third-order valence-electron chi connectivity index (χ3n) is 3.84. The second kappa shape index (κ2) is 5.03. The summed E-state index contributed by atoms with van der Waals surface area (Å²) in [6, 6.07) is 1.93. The number of ketones is 1. The van der Waals surface area contributed by atoms with Gasteiger partial charge < -0.3 is 0 Å². The van der Waals surface area contributed by atoms with Crippen LogP contribution in [-0.4, -0.2) is 15.6 Å². The number of nitrogens with zero attached hydrogens (tertiary/aromatic N) is 2. The van der Waals surface area contributed by atoms with Crippen molar-refractivity contribution in [3.05, 3.63) is 17.5 Å². The van der Waals surface area contributed by atoms with Crippen molar-refractivity contribution in [3.8, 4) is 0 Å². The van der Waals surface area contributed by atoms with Crippen LogP contribution in [0.2, 0.25) is 0 Å². The molecule has 0 unspecified atom stereocenters. The van der Waals surface area contributed by atoms with Gasteiger partial charge in [0, 0.05) is 12.5 Å². The van der Waals surface area contributed by atoms with Crippen LogP contribution in [-0.2, 0) is 6.54 Å².